The first-order valence-corrected chi connectivity index (χ1v) is 9.07. The van der Waals surface area contributed by atoms with E-state index < -0.39 is 11.5 Å². The first-order valence-electron chi connectivity index (χ1n) is 9.07. The van der Waals surface area contributed by atoms with E-state index in [0.717, 1.165) is 18.4 Å². The fraction of sp³-hybridized carbons (Fsp3) is 0.526. The van der Waals surface area contributed by atoms with Gasteiger partial charge >= 0.3 is 5.97 Å². The number of likely N-dealkylation sites (tertiary alicyclic amines) is 1. The summed E-state index contributed by atoms with van der Waals surface area (Å²) in [6.45, 7) is 1.41. The number of carboxylic acids is 1. The summed E-state index contributed by atoms with van der Waals surface area (Å²) in [5.41, 5.74) is 5.54. The molecule has 0 spiro atoms. The third-order valence-electron chi connectivity index (χ3n) is 5.51. The van der Waals surface area contributed by atoms with E-state index in [1.54, 1.807) is 6.07 Å². The van der Waals surface area contributed by atoms with Crippen LogP contribution in [-0.2, 0) is 26.3 Å². The highest BCUT2D eigenvalue weighted by atomic mass is 16.4. The fourth-order valence-electron chi connectivity index (χ4n) is 4.12. The number of primary amides is 1. The Kier molecular flexibility index (Phi) is 5.27. The second-order valence-corrected chi connectivity index (χ2v) is 7.23. The number of piperidine rings is 1. The molecule has 1 aromatic rings. The minimum Gasteiger partial charge on any atom is -0.479 e. The number of hydrogen-bond donors (Lipinski definition) is 3. The van der Waals surface area contributed by atoms with Crippen LogP contribution in [0.3, 0.4) is 0 Å². The van der Waals surface area contributed by atoms with Crippen molar-refractivity contribution in [3.63, 3.8) is 0 Å². The lowest BCUT2D eigenvalue weighted by Gasteiger charge is -2.38. The molecule has 1 aliphatic carbocycles. The Bertz CT molecular complexity index is 712. The molecule has 0 radical (unpaired) electrons. The lowest BCUT2D eigenvalue weighted by atomic mass is 9.76. The van der Waals surface area contributed by atoms with Crippen molar-refractivity contribution >= 4 is 17.8 Å². The quantitative estimate of drug-likeness (QED) is 0.713. The molecule has 140 valence electrons. The second-order valence-electron chi connectivity index (χ2n) is 7.23. The van der Waals surface area contributed by atoms with E-state index in [9.17, 15) is 19.5 Å². The maximum Gasteiger partial charge on any atom is 0.334 e. The van der Waals surface area contributed by atoms with Gasteiger partial charge in [-0.2, -0.15) is 0 Å². The first kappa shape index (κ1) is 18.4. The van der Waals surface area contributed by atoms with Gasteiger partial charge in [0.2, 0.25) is 11.8 Å². The third kappa shape index (κ3) is 3.58. The van der Waals surface area contributed by atoms with Crippen LogP contribution in [0.4, 0.5) is 0 Å². The van der Waals surface area contributed by atoms with Crippen molar-refractivity contribution < 1.29 is 19.5 Å². The number of carbonyl (C=O) groups excluding carboxylic acids is 2. The lowest BCUT2D eigenvalue weighted by molar-refractivity contribution is -0.150. The standard InChI is InChI=1S/C19H25N3O4/c20-16(23)12-22-10-7-14(8-11-22)17(24)21-19(18(25)26)9-3-5-13-4-1-2-6-15(13)19/h1-2,4,6,14H,3,5,7-12H2,(H2,20,23)(H,21,24)(H,25,26). The van der Waals surface area contributed by atoms with Gasteiger partial charge in [-0.15, -0.1) is 0 Å². The molecule has 0 bridgehead atoms. The SMILES string of the molecule is NC(=O)CN1CCC(C(=O)NC2(C(=O)O)CCCc3ccccc32)CC1. The Morgan fingerprint density at radius 2 is 1.92 bits per heavy atom. The van der Waals surface area contributed by atoms with Gasteiger partial charge in [-0.25, -0.2) is 4.79 Å². The number of rotatable bonds is 5. The highest BCUT2D eigenvalue weighted by Gasteiger charge is 2.45. The van der Waals surface area contributed by atoms with Crippen LogP contribution in [0.5, 0.6) is 0 Å². The fourth-order valence-corrected chi connectivity index (χ4v) is 4.12. The van der Waals surface area contributed by atoms with E-state index in [-0.39, 0.29) is 24.3 Å². The summed E-state index contributed by atoms with van der Waals surface area (Å²) in [5, 5.41) is 12.8. The predicted octanol–water partition coefficient (Wildman–Crippen LogP) is 0.616. The zero-order valence-corrected chi connectivity index (χ0v) is 14.7. The smallest absolute Gasteiger partial charge is 0.334 e. The van der Waals surface area contributed by atoms with Crippen molar-refractivity contribution in [3.8, 4) is 0 Å². The van der Waals surface area contributed by atoms with Crippen LogP contribution >= 0.6 is 0 Å². The Labute approximate surface area is 152 Å². The van der Waals surface area contributed by atoms with Gasteiger partial charge in [0.1, 0.15) is 0 Å². The van der Waals surface area contributed by atoms with Crippen molar-refractivity contribution in [2.75, 3.05) is 19.6 Å². The topological polar surface area (TPSA) is 113 Å². The maximum absolute atomic E-state index is 12.8. The molecule has 1 heterocycles. The number of hydrogen-bond acceptors (Lipinski definition) is 4. The Hall–Kier alpha value is -2.41. The van der Waals surface area contributed by atoms with Gasteiger partial charge in [-0.1, -0.05) is 24.3 Å². The molecular formula is C19H25N3O4. The summed E-state index contributed by atoms with van der Waals surface area (Å²) in [6, 6.07) is 7.45. The molecule has 1 atom stereocenters. The normalized spacial score (nSPS) is 23.8. The lowest BCUT2D eigenvalue weighted by Crippen LogP contribution is -2.56. The van der Waals surface area contributed by atoms with Crippen LogP contribution in [-0.4, -0.2) is 47.4 Å². The minimum atomic E-state index is -1.35. The van der Waals surface area contributed by atoms with Crippen LogP contribution in [0.15, 0.2) is 24.3 Å². The number of nitrogens with two attached hydrogens (primary N) is 1. The summed E-state index contributed by atoms with van der Waals surface area (Å²) in [5.74, 6) is -1.85. The van der Waals surface area contributed by atoms with Crippen molar-refractivity contribution in [1.82, 2.24) is 10.2 Å². The van der Waals surface area contributed by atoms with E-state index in [1.807, 2.05) is 23.1 Å². The molecular weight excluding hydrogens is 334 g/mol. The largest absolute Gasteiger partial charge is 0.479 e. The van der Waals surface area contributed by atoms with Gasteiger partial charge in [0.25, 0.3) is 0 Å². The van der Waals surface area contributed by atoms with Crippen LogP contribution < -0.4 is 11.1 Å². The highest BCUT2D eigenvalue weighted by Crippen LogP contribution is 2.36. The summed E-state index contributed by atoms with van der Waals surface area (Å²) >= 11 is 0. The zero-order chi connectivity index (χ0) is 18.7. The average Bonchev–Trinajstić information content (AvgIpc) is 2.62. The van der Waals surface area contributed by atoms with Gasteiger partial charge < -0.3 is 16.2 Å². The highest BCUT2D eigenvalue weighted by molar-refractivity contribution is 5.89. The third-order valence-corrected chi connectivity index (χ3v) is 5.51. The van der Waals surface area contributed by atoms with Crippen LogP contribution in [0, 0.1) is 5.92 Å². The molecule has 1 aromatic carbocycles. The number of benzene rings is 1. The molecule has 4 N–H and O–H groups in total. The number of aryl methyl sites for hydroxylation is 1. The summed E-state index contributed by atoms with van der Waals surface area (Å²) in [7, 11) is 0. The number of amides is 2. The van der Waals surface area contributed by atoms with E-state index in [4.69, 9.17) is 5.73 Å². The van der Waals surface area contributed by atoms with Crippen LogP contribution in [0.1, 0.15) is 36.8 Å². The van der Waals surface area contributed by atoms with Crippen molar-refractivity contribution in [2.24, 2.45) is 11.7 Å². The van der Waals surface area contributed by atoms with Crippen LogP contribution in [0.2, 0.25) is 0 Å². The summed E-state index contributed by atoms with van der Waals surface area (Å²) in [6.07, 6.45) is 3.13. The number of carboxylic acid groups (broad SMARTS) is 1. The molecule has 7 heteroatoms. The zero-order valence-electron chi connectivity index (χ0n) is 14.7. The summed E-state index contributed by atoms with van der Waals surface area (Å²) < 4.78 is 0. The van der Waals surface area contributed by atoms with E-state index in [0.29, 0.717) is 37.9 Å². The molecule has 0 aromatic heterocycles. The predicted molar refractivity (Wildman–Crippen MR) is 95.2 cm³/mol. The van der Waals surface area contributed by atoms with E-state index >= 15 is 0 Å². The van der Waals surface area contributed by atoms with Crippen LogP contribution in [0.25, 0.3) is 0 Å². The maximum atomic E-state index is 12.8. The van der Waals surface area contributed by atoms with Crippen molar-refractivity contribution in [2.45, 2.75) is 37.6 Å². The number of nitrogens with zero attached hydrogens (tertiary/aromatic N) is 1. The van der Waals surface area contributed by atoms with Crippen molar-refractivity contribution in [1.29, 1.82) is 0 Å². The molecule has 0 saturated carbocycles. The Morgan fingerprint density at radius 3 is 2.58 bits per heavy atom. The molecule has 7 nitrogen and oxygen atoms in total. The number of nitrogens with one attached hydrogen (secondary N) is 1. The Balaban J connectivity index is 1.73. The molecule has 3 rings (SSSR count). The minimum absolute atomic E-state index is 0.195. The van der Waals surface area contributed by atoms with Gasteiger partial charge in [0, 0.05) is 5.92 Å². The second kappa shape index (κ2) is 7.45. The monoisotopic (exact) mass is 359 g/mol. The molecule has 1 saturated heterocycles. The molecule has 1 fully saturated rings. The Morgan fingerprint density at radius 1 is 1.23 bits per heavy atom. The van der Waals surface area contributed by atoms with Gasteiger partial charge in [-0.05, 0) is 56.3 Å². The number of aliphatic carboxylic acids is 1. The molecule has 1 aliphatic heterocycles. The molecule has 2 amide bonds. The first-order chi connectivity index (χ1) is 12.4. The van der Waals surface area contributed by atoms with Gasteiger partial charge in [0.05, 0.1) is 6.54 Å². The van der Waals surface area contributed by atoms with Crippen molar-refractivity contribution in [3.05, 3.63) is 35.4 Å². The van der Waals surface area contributed by atoms with E-state index in [2.05, 4.69) is 5.32 Å². The molecule has 26 heavy (non-hydrogen) atoms. The summed E-state index contributed by atoms with van der Waals surface area (Å²) in [4.78, 5) is 37.9. The van der Waals surface area contributed by atoms with Gasteiger partial charge in [-0.3, -0.25) is 14.5 Å². The molecule has 1 unspecified atom stereocenters. The van der Waals surface area contributed by atoms with E-state index in [1.165, 1.54) is 0 Å². The van der Waals surface area contributed by atoms with Gasteiger partial charge in [0.15, 0.2) is 5.54 Å². The number of carbonyl (C=O) groups is 3. The molecule has 2 aliphatic rings. The average molecular weight is 359 g/mol. The number of fused-ring (bicyclic) bond motifs is 1.